The quantitative estimate of drug-likeness (QED) is 0.177. The summed E-state index contributed by atoms with van der Waals surface area (Å²) in [5.74, 6) is 0. The number of aromatic nitrogens is 2. The summed E-state index contributed by atoms with van der Waals surface area (Å²) in [6.45, 7) is 0. The van der Waals surface area contributed by atoms with Gasteiger partial charge in [-0.3, -0.25) is 0 Å². The fourth-order valence-electron chi connectivity index (χ4n) is 8.17. The Morgan fingerprint density at radius 3 is 1.43 bits per heavy atom. The molecule has 0 spiro atoms. The molecule has 0 saturated carbocycles. The Labute approximate surface area is 298 Å². The van der Waals surface area contributed by atoms with E-state index >= 15 is 0 Å². The number of hydrogen-bond acceptors (Lipinski definition) is 1. The van der Waals surface area contributed by atoms with Gasteiger partial charge in [-0.1, -0.05) is 103 Å². The van der Waals surface area contributed by atoms with E-state index in [1.54, 1.807) is 0 Å². The molecule has 3 heterocycles. The van der Waals surface area contributed by atoms with Crippen molar-refractivity contribution in [1.82, 2.24) is 9.13 Å². The molecule has 11 aromatic rings. The van der Waals surface area contributed by atoms with Crippen LogP contribution in [-0.4, -0.2) is 9.13 Å². The van der Waals surface area contributed by atoms with Crippen molar-refractivity contribution in [3.05, 3.63) is 182 Å². The monoisotopic (exact) mass is 666 g/mol. The molecule has 8 aromatic carbocycles. The highest BCUT2D eigenvalue weighted by Gasteiger charge is 2.16. The first-order valence-electron chi connectivity index (χ1n) is 17.4. The number of benzene rings is 8. The molecule has 0 aliphatic heterocycles. The number of rotatable bonds is 4. The zero-order valence-electron chi connectivity index (χ0n) is 27.6. The standard InChI is InChI=1S/C48H30N2S/c1-2-12-35(13-3-1)49-43-18-7-4-15-37(43)40-28-32(21-24-45(40)49)33-22-25-46-41(29-33)38-16-5-8-19-44(38)50(46)36-14-10-11-31(27-36)34-23-26-48-42(30-34)39-17-6-9-20-47(39)51-48/h1-30H. The number of nitrogens with zero attached hydrogens (tertiary/aromatic N) is 2. The first kappa shape index (κ1) is 28.4. The van der Waals surface area contributed by atoms with E-state index in [-0.39, 0.29) is 0 Å². The average molecular weight is 667 g/mol. The molecule has 3 aromatic heterocycles. The lowest BCUT2D eigenvalue weighted by molar-refractivity contribution is 1.18. The van der Waals surface area contributed by atoms with Crippen LogP contribution in [0.5, 0.6) is 0 Å². The molecule has 0 fully saturated rings. The third-order valence-electron chi connectivity index (χ3n) is 10.5. The van der Waals surface area contributed by atoms with Gasteiger partial charge in [0.1, 0.15) is 0 Å². The fourth-order valence-corrected chi connectivity index (χ4v) is 9.25. The molecule has 0 aliphatic carbocycles. The van der Waals surface area contributed by atoms with Crippen LogP contribution in [0, 0.1) is 0 Å². The molecule has 0 aliphatic rings. The lowest BCUT2D eigenvalue weighted by atomic mass is 10.0. The smallest absolute Gasteiger partial charge is 0.0541 e. The van der Waals surface area contributed by atoms with Crippen molar-refractivity contribution in [2.45, 2.75) is 0 Å². The second-order valence-electron chi connectivity index (χ2n) is 13.4. The molecule has 51 heavy (non-hydrogen) atoms. The second-order valence-corrected chi connectivity index (χ2v) is 14.4. The van der Waals surface area contributed by atoms with E-state index in [4.69, 9.17) is 0 Å². The predicted molar refractivity (Wildman–Crippen MR) is 219 cm³/mol. The average Bonchev–Trinajstić information content (AvgIpc) is 3.85. The van der Waals surface area contributed by atoms with Crippen LogP contribution in [-0.2, 0) is 0 Å². The Hall–Kier alpha value is -6.42. The van der Waals surface area contributed by atoms with E-state index in [0.717, 1.165) is 5.69 Å². The molecular weight excluding hydrogens is 637 g/mol. The van der Waals surface area contributed by atoms with Gasteiger partial charge in [0.25, 0.3) is 0 Å². The maximum absolute atomic E-state index is 2.42. The van der Waals surface area contributed by atoms with Gasteiger partial charge in [-0.05, 0) is 101 Å². The van der Waals surface area contributed by atoms with Crippen LogP contribution in [0.25, 0.3) is 97.4 Å². The van der Waals surface area contributed by atoms with Gasteiger partial charge in [-0.15, -0.1) is 11.3 Å². The van der Waals surface area contributed by atoms with Gasteiger partial charge in [-0.25, -0.2) is 0 Å². The topological polar surface area (TPSA) is 9.86 Å². The molecule has 0 bridgehead atoms. The molecule has 0 atom stereocenters. The van der Waals surface area contributed by atoms with Gasteiger partial charge >= 0.3 is 0 Å². The van der Waals surface area contributed by atoms with Gasteiger partial charge < -0.3 is 9.13 Å². The molecule has 0 radical (unpaired) electrons. The molecule has 238 valence electrons. The summed E-state index contributed by atoms with van der Waals surface area (Å²) in [4.78, 5) is 0. The van der Waals surface area contributed by atoms with Crippen LogP contribution in [0.2, 0.25) is 0 Å². The van der Waals surface area contributed by atoms with Crippen LogP contribution in [0.4, 0.5) is 0 Å². The largest absolute Gasteiger partial charge is 0.309 e. The summed E-state index contributed by atoms with van der Waals surface area (Å²) in [5, 5.41) is 7.70. The highest BCUT2D eigenvalue weighted by Crippen LogP contribution is 2.40. The minimum Gasteiger partial charge on any atom is -0.309 e. The Morgan fingerprint density at radius 1 is 0.275 bits per heavy atom. The van der Waals surface area contributed by atoms with Crippen LogP contribution in [0.1, 0.15) is 0 Å². The summed E-state index contributed by atoms with van der Waals surface area (Å²) in [6, 6.07) is 66.7. The van der Waals surface area contributed by atoms with Gasteiger partial charge in [0, 0.05) is 53.1 Å². The Balaban J connectivity index is 1.06. The van der Waals surface area contributed by atoms with Crippen LogP contribution in [0.3, 0.4) is 0 Å². The van der Waals surface area contributed by atoms with Crippen molar-refractivity contribution in [3.63, 3.8) is 0 Å². The number of hydrogen-bond donors (Lipinski definition) is 0. The van der Waals surface area contributed by atoms with Crippen molar-refractivity contribution in [3.8, 4) is 33.6 Å². The van der Waals surface area contributed by atoms with E-state index in [2.05, 4.69) is 191 Å². The van der Waals surface area contributed by atoms with Crippen molar-refractivity contribution in [1.29, 1.82) is 0 Å². The zero-order valence-corrected chi connectivity index (χ0v) is 28.4. The molecule has 2 nitrogen and oxygen atoms in total. The lowest BCUT2D eigenvalue weighted by Gasteiger charge is -2.11. The Kier molecular flexibility index (Phi) is 6.16. The molecule has 0 saturated heterocycles. The molecule has 11 rings (SSSR count). The SMILES string of the molecule is c1ccc(-n2c3ccccc3c3cc(-c4ccc5c(c4)c4ccccc4n5-c4cccc(-c5ccc6sc7ccccc7c6c5)c4)ccc32)cc1. The highest BCUT2D eigenvalue weighted by atomic mass is 32.1. The lowest BCUT2D eigenvalue weighted by Crippen LogP contribution is -1.94. The summed E-state index contributed by atoms with van der Waals surface area (Å²) in [7, 11) is 0. The van der Waals surface area contributed by atoms with Crippen molar-refractivity contribution in [2.75, 3.05) is 0 Å². The summed E-state index contributed by atoms with van der Waals surface area (Å²) in [6.07, 6.45) is 0. The normalized spacial score (nSPS) is 11.9. The van der Waals surface area contributed by atoms with Crippen LogP contribution >= 0.6 is 11.3 Å². The zero-order chi connectivity index (χ0) is 33.5. The van der Waals surface area contributed by atoms with E-state index in [1.165, 1.54) is 91.7 Å². The number of para-hydroxylation sites is 3. The first-order chi connectivity index (χ1) is 25.3. The maximum Gasteiger partial charge on any atom is 0.0541 e. The van der Waals surface area contributed by atoms with Crippen molar-refractivity contribution < 1.29 is 0 Å². The Morgan fingerprint density at radius 2 is 0.745 bits per heavy atom. The third kappa shape index (κ3) is 4.35. The van der Waals surface area contributed by atoms with Gasteiger partial charge in [-0.2, -0.15) is 0 Å². The summed E-state index contributed by atoms with van der Waals surface area (Å²) >= 11 is 1.86. The Bertz CT molecular complexity index is 3140. The van der Waals surface area contributed by atoms with Crippen molar-refractivity contribution >= 4 is 75.1 Å². The van der Waals surface area contributed by atoms with E-state index in [0.29, 0.717) is 0 Å². The highest BCUT2D eigenvalue weighted by molar-refractivity contribution is 7.25. The fraction of sp³-hybridized carbons (Fsp3) is 0. The molecule has 0 N–H and O–H groups in total. The van der Waals surface area contributed by atoms with Gasteiger partial charge in [0.2, 0.25) is 0 Å². The van der Waals surface area contributed by atoms with Crippen LogP contribution < -0.4 is 0 Å². The summed E-state index contributed by atoms with van der Waals surface area (Å²) < 4.78 is 7.46. The molecule has 0 unspecified atom stereocenters. The molecular formula is C48H30N2S. The third-order valence-corrected chi connectivity index (χ3v) is 11.7. The van der Waals surface area contributed by atoms with Crippen molar-refractivity contribution in [2.24, 2.45) is 0 Å². The number of thiophene rings is 1. The van der Waals surface area contributed by atoms with E-state index < -0.39 is 0 Å². The predicted octanol–water partition coefficient (Wildman–Crippen LogP) is 13.6. The van der Waals surface area contributed by atoms with E-state index in [1.807, 2.05) is 11.3 Å². The first-order valence-corrected chi connectivity index (χ1v) is 18.2. The summed E-state index contributed by atoms with van der Waals surface area (Å²) in [5.41, 5.74) is 12.1. The maximum atomic E-state index is 2.42. The second kappa shape index (κ2) is 11.0. The van der Waals surface area contributed by atoms with E-state index in [9.17, 15) is 0 Å². The van der Waals surface area contributed by atoms with Gasteiger partial charge in [0.15, 0.2) is 0 Å². The molecule has 0 amide bonds. The number of fused-ring (bicyclic) bond motifs is 9. The minimum absolute atomic E-state index is 1.16. The van der Waals surface area contributed by atoms with Gasteiger partial charge in [0.05, 0.1) is 22.1 Å². The minimum atomic E-state index is 1.16. The molecule has 3 heteroatoms. The van der Waals surface area contributed by atoms with Crippen LogP contribution in [0.15, 0.2) is 182 Å².